The van der Waals surface area contributed by atoms with Crippen LogP contribution in [0.3, 0.4) is 0 Å². The zero-order chi connectivity index (χ0) is 61.6. The van der Waals surface area contributed by atoms with Gasteiger partial charge in [0.25, 0.3) is 30.4 Å². The molecule has 25 heteroatoms. The average Bonchev–Trinajstić information content (AvgIpc) is 3.68. The maximum atomic E-state index is 13.2. The third-order valence-corrected chi connectivity index (χ3v) is 20.5. The molecule has 4 aromatic heterocycles. The lowest BCUT2D eigenvalue weighted by molar-refractivity contribution is 0.0708. The van der Waals surface area contributed by atoms with Crippen LogP contribution < -0.4 is 20.5 Å². The number of methoxy groups -OCH3 is 2. The first-order valence-corrected chi connectivity index (χ1v) is 33.9. The fourth-order valence-electron chi connectivity index (χ4n) is 10.3. The van der Waals surface area contributed by atoms with Crippen molar-refractivity contribution in [2.45, 2.75) is 119 Å². The van der Waals surface area contributed by atoms with Crippen molar-refractivity contribution in [1.82, 2.24) is 58.3 Å². The number of benzene rings is 2. The van der Waals surface area contributed by atoms with Crippen LogP contribution in [0.25, 0.3) is 22.3 Å². The molecule has 0 amide bonds. The van der Waals surface area contributed by atoms with Crippen LogP contribution >= 0.6 is 15.9 Å². The molecule has 0 bridgehead atoms. The van der Waals surface area contributed by atoms with E-state index in [0.29, 0.717) is 50.4 Å². The third kappa shape index (κ3) is 14.6. The molecule has 10 rings (SSSR count). The predicted molar refractivity (Wildman–Crippen MR) is 313 cm³/mol. The Hall–Kier alpha value is -5.38. The lowest BCUT2D eigenvalue weighted by Gasteiger charge is -2.34. The van der Waals surface area contributed by atoms with Gasteiger partial charge in [-0.3, -0.25) is 0 Å². The second-order valence-electron chi connectivity index (χ2n) is 21.8. The van der Waals surface area contributed by atoms with Crippen molar-refractivity contribution in [3.8, 4) is 34.0 Å². The number of sulfonamides is 2. The van der Waals surface area contributed by atoms with E-state index in [-0.39, 0.29) is 39.5 Å². The molecule has 21 nitrogen and oxygen atoms in total. The molecule has 0 atom stereocenters. The number of nitrogen functional groups attached to an aromatic ring is 1. The quantitative estimate of drug-likeness (QED) is 0.0449. The smallest absolute Gasteiger partial charge is 0.278 e. The van der Waals surface area contributed by atoms with Crippen LogP contribution in [0.4, 0.5) is 17.3 Å². The summed E-state index contributed by atoms with van der Waals surface area (Å²) in [4.78, 5) is 20.6. The van der Waals surface area contributed by atoms with E-state index >= 15 is 0 Å². The molecule has 4 aliphatic rings. The van der Waals surface area contributed by atoms with Gasteiger partial charge in [0.1, 0.15) is 6.73 Å². The summed E-state index contributed by atoms with van der Waals surface area (Å²) in [6.45, 7) is 9.34. The molecule has 79 heavy (non-hydrogen) atoms. The highest BCUT2D eigenvalue weighted by Gasteiger charge is 2.35. The molecule has 2 saturated heterocycles. The number of aromatic amines is 1. The minimum atomic E-state index is -3.81. The van der Waals surface area contributed by atoms with Gasteiger partial charge < -0.3 is 35.1 Å². The highest BCUT2D eigenvalue weighted by Crippen LogP contribution is 2.40. The number of aryl methyl sites for hydroxylation is 2. The Labute approximate surface area is 483 Å². The second-order valence-corrected chi connectivity index (χ2v) is 31.8. The minimum absolute atomic E-state index is 0.0155. The number of halogens is 1. The molecule has 2 aromatic carbocycles. The van der Waals surface area contributed by atoms with Gasteiger partial charge in [-0.05, 0) is 160 Å². The van der Waals surface area contributed by atoms with Crippen molar-refractivity contribution in [1.29, 1.82) is 0 Å². The van der Waals surface area contributed by atoms with Gasteiger partial charge in [-0.15, -0.1) is 10.2 Å². The summed E-state index contributed by atoms with van der Waals surface area (Å²) in [6.07, 6.45) is 12.1. The average molecular weight is 1210 g/mol. The SMILES string of the molecule is CN(C)C1CCN(S(=O)(=O)c2nc(Br)nn2COCC[Si](C)(C)C)CC1.[2H]C([2H])([2H])Oc1cc(-c2ccc3c(c2N)CCC3)ccn1.[2H]C([2H])([2H])Oc1cc(-c2ccc3c(c2Nc2n[nH]c(S(=O)(=O)N4CCC(N(C)C)CC4)n2)CCC3)ccn1. The Kier molecular flexibility index (Phi) is 17.0. The number of anilines is 3. The van der Waals surface area contributed by atoms with Gasteiger partial charge in [0.15, 0.2) is 0 Å². The van der Waals surface area contributed by atoms with Crippen molar-refractivity contribution in [2.75, 3.05) is 86.1 Å². The molecule has 2 aliphatic carbocycles. The normalized spacial score (nSPS) is 17.9. The molecule has 0 spiro atoms. The molecule has 4 N–H and O–H groups in total. The largest absolute Gasteiger partial charge is 0.481 e. The van der Waals surface area contributed by atoms with E-state index in [2.05, 4.69) is 98.1 Å². The van der Waals surface area contributed by atoms with E-state index < -0.39 is 42.2 Å². The van der Waals surface area contributed by atoms with Crippen LogP contribution in [-0.2, 0) is 57.2 Å². The van der Waals surface area contributed by atoms with E-state index in [1.54, 1.807) is 24.3 Å². The van der Waals surface area contributed by atoms with Crippen molar-refractivity contribution < 1.29 is 39.3 Å². The molecule has 0 radical (unpaired) electrons. The standard InChI is InChI=1S/C24H31N7O3S.C15H30BrN5O3SSi.C15H16N2O/c1-30(2)18-10-13-31(14-11-18)35(32,33)24-27-23(28-29-24)26-22-19-6-4-5-16(19)7-8-20(22)17-9-12-25-21(15-17)34-3;1-19(2)13-6-8-20(9-7-13)25(22,23)15-17-14(16)18-21(15)12-24-10-11-26(3,4)5;1-18-14-9-11(7-8-17-14)13-6-5-10-3-2-4-12(10)15(13)16/h7-9,12,15,18H,4-6,10-11,13-14H2,1-3H3,(H2,26,27,28,29);13H,6-12H2,1-5H3;5-9H,2-4,16H2,1H3/i3D3;;1D3. The van der Waals surface area contributed by atoms with Crippen molar-refractivity contribution in [3.05, 3.63) is 87.9 Å². The van der Waals surface area contributed by atoms with Gasteiger partial charge in [-0.2, -0.15) is 18.6 Å². The number of fused-ring (bicyclic) bond motifs is 2. The Morgan fingerprint density at radius 3 is 1.87 bits per heavy atom. The number of piperidine rings is 2. The van der Waals surface area contributed by atoms with E-state index in [1.165, 1.54) is 42.4 Å². The number of nitrogens with zero attached hydrogens (tertiary/aromatic N) is 11. The summed E-state index contributed by atoms with van der Waals surface area (Å²) in [6, 6.07) is 16.6. The number of nitrogens with two attached hydrogens (primary N) is 1. The summed E-state index contributed by atoms with van der Waals surface area (Å²) in [5.41, 5.74) is 15.8. The number of ether oxygens (including phenoxy) is 3. The summed E-state index contributed by atoms with van der Waals surface area (Å²) in [5, 5.41) is 13.9. The van der Waals surface area contributed by atoms with E-state index in [9.17, 15) is 16.8 Å². The monoisotopic (exact) mass is 1210 g/mol. The Morgan fingerprint density at radius 2 is 1.30 bits per heavy atom. The van der Waals surface area contributed by atoms with Gasteiger partial charge in [-0.25, -0.2) is 36.6 Å². The fraction of sp³-hybridized carbons (Fsp3) is 0.519. The first-order chi connectivity index (χ1) is 40.0. The topological polar surface area (TPSA) is 245 Å². The van der Waals surface area contributed by atoms with Gasteiger partial charge in [0.05, 0.1) is 28.0 Å². The summed E-state index contributed by atoms with van der Waals surface area (Å²) in [5.74, 6) is 0.201. The second kappa shape index (κ2) is 26.0. The van der Waals surface area contributed by atoms with Gasteiger partial charge in [-0.1, -0.05) is 43.9 Å². The maximum Gasteiger partial charge on any atom is 0.278 e. The van der Waals surface area contributed by atoms with Crippen molar-refractivity contribution >= 4 is 61.4 Å². The van der Waals surface area contributed by atoms with Gasteiger partial charge in [0, 0.05) is 94.3 Å². The molecule has 0 unspecified atom stereocenters. The van der Waals surface area contributed by atoms with E-state index in [0.717, 1.165) is 104 Å². The third-order valence-electron chi connectivity index (χ3n) is 14.9. The minimum Gasteiger partial charge on any atom is -0.481 e. The molecule has 2 fully saturated rings. The van der Waals surface area contributed by atoms with Crippen LogP contribution in [0.15, 0.2) is 76.0 Å². The Bertz CT molecular complexity index is 3500. The summed E-state index contributed by atoms with van der Waals surface area (Å²) in [7, 11) is -5.75. The van der Waals surface area contributed by atoms with Crippen molar-refractivity contribution in [3.63, 3.8) is 0 Å². The lowest BCUT2D eigenvalue weighted by atomic mass is 9.98. The first-order valence-electron chi connectivity index (χ1n) is 29.5. The summed E-state index contributed by atoms with van der Waals surface area (Å²) < 4.78 is 116. The fourth-order valence-corrected chi connectivity index (χ4v) is 14.3. The molecule has 428 valence electrons. The lowest BCUT2D eigenvalue weighted by Crippen LogP contribution is -2.45. The Morgan fingerprint density at radius 1 is 0.759 bits per heavy atom. The van der Waals surface area contributed by atoms with Crippen LogP contribution in [-0.4, -0.2) is 170 Å². The molecule has 6 heterocycles. The predicted octanol–water partition coefficient (Wildman–Crippen LogP) is 7.72. The number of aromatic nitrogens is 8. The van der Waals surface area contributed by atoms with E-state index in [1.807, 2.05) is 40.3 Å². The number of pyridine rings is 2. The van der Waals surface area contributed by atoms with E-state index in [4.69, 9.17) is 28.2 Å². The van der Waals surface area contributed by atoms with Crippen LogP contribution in [0, 0.1) is 0 Å². The van der Waals surface area contributed by atoms with Crippen LogP contribution in [0.5, 0.6) is 11.8 Å². The Balaban J connectivity index is 0.000000175. The number of nitrogens with one attached hydrogen (secondary N) is 2. The number of hydrogen-bond acceptors (Lipinski definition) is 17. The number of rotatable bonds is 17. The van der Waals surface area contributed by atoms with Crippen LogP contribution in [0.1, 0.15) is 69.0 Å². The zero-order valence-corrected chi connectivity index (χ0v) is 50.2. The first kappa shape index (κ1) is 51.7. The molecule has 0 saturated carbocycles. The number of hydrogen-bond donors (Lipinski definition) is 3. The highest BCUT2D eigenvalue weighted by molar-refractivity contribution is 9.10. The molecule has 6 aromatic rings. The maximum absolute atomic E-state index is 13.2. The van der Waals surface area contributed by atoms with Gasteiger partial charge in [0.2, 0.25) is 22.4 Å². The van der Waals surface area contributed by atoms with Crippen LogP contribution in [0.2, 0.25) is 25.7 Å². The highest BCUT2D eigenvalue weighted by atomic mass is 79.9. The number of H-pyrrole nitrogens is 1. The molecule has 2 aliphatic heterocycles. The van der Waals surface area contributed by atoms with Crippen molar-refractivity contribution in [2.24, 2.45) is 0 Å². The molecular weight excluding hydrogens is 1130 g/mol. The molecular formula is C54H77BrN14O7S2Si. The van der Waals surface area contributed by atoms with Gasteiger partial charge >= 0.3 is 0 Å². The summed E-state index contributed by atoms with van der Waals surface area (Å²) >= 11 is 3.19. The zero-order valence-electron chi connectivity index (χ0n) is 52.0.